The lowest BCUT2D eigenvalue weighted by atomic mass is 10.5. The van der Waals surface area contributed by atoms with E-state index in [0.29, 0.717) is 24.9 Å². The Kier molecular flexibility index (Phi) is 12.0. The van der Waals surface area contributed by atoms with Crippen molar-refractivity contribution < 1.29 is 13.7 Å². The van der Waals surface area contributed by atoms with Crippen molar-refractivity contribution in [2.45, 2.75) is 39.4 Å². The quantitative estimate of drug-likeness (QED) is 0.469. The lowest BCUT2D eigenvalue weighted by Gasteiger charge is -2.17. The van der Waals surface area contributed by atoms with Gasteiger partial charge in [-0.1, -0.05) is 0 Å². The molecule has 2 amide bonds. The Morgan fingerprint density at radius 2 is 2.00 bits per heavy atom. The summed E-state index contributed by atoms with van der Waals surface area (Å²) >= 11 is 0.0450. The largest absolute Gasteiger partial charge is 0.379 e. The summed E-state index contributed by atoms with van der Waals surface area (Å²) in [6.07, 6.45) is 1.01. The van der Waals surface area contributed by atoms with E-state index in [1.54, 1.807) is 11.9 Å². The molecule has 0 spiro atoms. The van der Waals surface area contributed by atoms with Crippen LogP contribution in [-0.4, -0.2) is 61.9 Å². The molecule has 0 radical (unpaired) electrons. The molecule has 0 aromatic rings. The second-order valence-corrected chi connectivity index (χ2v) is 7.11. The Balaban J connectivity index is 3.59. The molecule has 0 aliphatic rings. The highest BCUT2D eigenvalue weighted by Gasteiger charge is 2.23. The van der Waals surface area contributed by atoms with E-state index in [1.165, 1.54) is 0 Å². The minimum absolute atomic E-state index is 0.0450. The predicted octanol–water partition coefficient (Wildman–Crippen LogP) is 2.03. The summed E-state index contributed by atoms with van der Waals surface area (Å²) in [4.78, 5) is 13.1. The SMILES string of the molecule is CCNC(=O)N(C)CCOCCC[S+](OCC)C(C)C. The first-order chi connectivity index (χ1) is 9.52. The molecule has 0 aliphatic heterocycles. The molecule has 1 unspecified atom stereocenters. The number of urea groups is 1. The maximum atomic E-state index is 11.4. The summed E-state index contributed by atoms with van der Waals surface area (Å²) in [5, 5.41) is 3.32. The molecule has 1 atom stereocenters. The van der Waals surface area contributed by atoms with Crippen LogP contribution in [-0.2, 0) is 20.1 Å². The molecule has 0 fully saturated rings. The molecule has 20 heavy (non-hydrogen) atoms. The number of carbonyl (C=O) groups excluding carboxylic acids is 1. The second kappa shape index (κ2) is 12.3. The van der Waals surface area contributed by atoms with Gasteiger partial charge in [-0.2, -0.15) is 4.18 Å². The van der Waals surface area contributed by atoms with E-state index >= 15 is 0 Å². The zero-order chi connectivity index (χ0) is 15.4. The number of rotatable bonds is 11. The molecule has 5 nitrogen and oxygen atoms in total. The Bertz CT molecular complexity index is 253. The highest BCUT2D eigenvalue weighted by Crippen LogP contribution is 2.09. The first kappa shape index (κ1) is 19.5. The fourth-order valence-electron chi connectivity index (χ4n) is 1.58. The lowest BCUT2D eigenvalue weighted by Crippen LogP contribution is -2.38. The summed E-state index contributed by atoms with van der Waals surface area (Å²) < 4.78 is 11.3. The van der Waals surface area contributed by atoms with Gasteiger partial charge in [-0.05, 0) is 27.7 Å². The van der Waals surface area contributed by atoms with Crippen molar-refractivity contribution >= 4 is 17.2 Å². The van der Waals surface area contributed by atoms with Crippen molar-refractivity contribution in [3.05, 3.63) is 0 Å². The van der Waals surface area contributed by atoms with Crippen LogP contribution < -0.4 is 5.32 Å². The molecule has 0 saturated carbocycles. The fraction of sp³-hybridized carbons (Fsp3) is 0.929. The van der Waals surface area contributed by atoms with Crippen LogP contribution in [0.2, 0.25) is 0 Å². The van der Waals surface area contributed by atoms with Crippen molar-refractivity contribution in [1.82, 2.24) is 10.2 Å². The topological polar surface area (TPSA) is 50.8 Å². The zero-order valence-electron chi connectivity index (χ0n) is 13.6. The van der Waals surface area contributed by atoms with Crippen molar-refractivity contribution in [3.8, 4) is 0 Å². The summed E-state index contributed by atoms with van der Waals surface area (Å²) in [6.45, 7) is 11.7. The number of nitrogens with one attached hydrogen (secondary N) is 1. The number of amides is 2. The van der Waals surface area contributed by atoms with Crippen LogP contribution in [0.4, 0.5) is 4.79 Å². The summed E-state index contributed by atoms with van der Waals surface area (Å²) in [7, 11) is 1.78. The van der Waals surface area contributed by atoms with Crippen molar-refractivity contribution in [3.63, 3.8) is 0 Å². The molecule has 0 saturated heterocycles. The number of carbonyl (C=O) groups is 1. The van der Waals surface area contributed by atoms with Gasteiger partial charge in [0.15, 0.2) is 0 Å². The van der Waals surface area contributed by atoms with Gasteiger partial charge in [-0.25, -0.2) is 4.79 Å². The predicted molar refractivity (Wildman–Crippen MR) is 86.1 cm³/mol. The van der Waals surface area contributed by atoms with Crippen molar-refractivity contribution in [2.75, 3.05) is 45.7 Å². The molecule has 0 aromatic heterocycles. The summed E-state index contributed by atoms with van der Waals surface area (Å²) in [6, 6.07) is -0.0474. The van der Waals surface area contributed by atoms with Gasteiger partial charge in [0.2, 0.25) is 0 Å². The normalized spacial score (nSPS) is 12.5. The van der Waals surface area contributed by atoms with Gasteiger partial charge in [0.1, 0.15) is 28.8 Å². The van der Waals surface area contributed by atoms with Crippen LogP contribution in [0.5, 0.6) is 0 Å². The minimum atomic E-state index is -0.0474. The highest BCUT2D eigenvalue weighted by molar-refractivity contribution is 7.92. The van der Waals surface area contributed by atoms with Crippen molar-refractivity contribution in [1.29, 1.82) is 0 Å². The third kappa shape index (κ3) is 9.44. The molecule has 1 N–H and O–H groups in total. The number of nitrogens with zero attached hydrogens (tertiary/aromatic N) is 1. The van der Waals surface area contributed by atoms with Gasteiger partial charge in [-0.15, -0.1) is 0 Å². The lowest BCUT2D eigenvalue weighted by molar-refractivity contribution is 0.116. The first-order valence-electron chi connectivity index (χ1n) is 7.42. The van der Waals surface area contributed by atoms with E-state index in [-0.39, 0.29) is 17.2 Å². The average molecular weight is 307 g/mol. The molecule has 0 bridgehead atoms. The molecule has 6 heteroatoms. The molecule has 120 valence electrons. The van der Waals surface area contributed by atoms with Crippen LogP contribution in [0.15, 0.2) is 0 Å². The Morgan fingerprint density at radius 3 is 2.55 bits per heavy atom. The van der Waals surface area contributed by atoms with E-state index in [1.807, 2.05) is 13.8 Å². The van der Waals surface area contributed by atoms with Gasteiger partial charge in [0.05, 0.1) is 13.2 Å². The van der Waals surface area contributed by atoms with E-state index in [0.717, 1.165) is 25.4 Å². The number of hydrogen-bond donors (Lipinski definition) is 1. The van der Waals surface area contributed by atoms with Crippen LogP contribution in [0.3, 0.4) is 0 Å². The number of ether oxygens (including phenoxy) is 1. The Hall–Kier alpha value is -0.460. The summed E-state index contributed by atoms with van der Waals surface area (Å²) in [5.41, 5.74) is 0. The third-order valence-electron chi connectivity index (χ3n) is 2.67. The van der Waals surface area contributed by atoms with Gasteiger partial charge >= 0.3 is 6.03 Å². The fourth-order valence-corrected chi connectivity index (χ4v) is 3.14. The molecule has 0 rings (SSSR count). The molecule has 0 aliphatic carbocycles. The van der Waals surface area contributed by atoms with E-state index in [2.05, 4.69) is 19.2 Å². The van der Waals surface area contributed by atoms with Crippen LogP contribution in [0.1, 0.15) is 34.1 Å². The standard InChI is InChI=1S/C14H30N2O3S/c1-6-15-14(17)16(5)9-11-18-10-8-12-20(13(3)4)19-7-2/h13H,6-12H2,1-5H3/p+1. The number of hydrogen-bond acceptors (Lipinski definition) is 3. The van der Waals surface area contributed by atoms with Gasteiger partial charge in [-0.3, -0.25) is 0 Å². The second-order valence-electron chi connectivity index (χ2n) is 4.76. The Morgan fingerprint density at radius 1 is 1.30 bits per heavy atom. The molecule has 0 heterocycles. The maximum Gasteiger partial charge on any atom is 0.317 e. The van der Waals surface area contributed by atoms with Crippen LogP contribution in [0.25, 0.3) is 0 Å². The molecular weight excluding hydrogens is 276 g/mol. The van der Waals surface area contributed by atoms with Gasteiger partial charge < -0.3 is 15.0 Å². The summed E-state index contributed by atoms with van der Waals surface area (Å²) in [5.74, 6) is 1.05. The molecular formula is C14H31N2O3S+. The Labute approximate surface area is 126 Å². The number of likely N-dealkylation sites (N-methyl/N-ethyl adjacent to an activating group) is 1. The van der Waals surface area contributed by atoms with Crippen LogP contribution >= 0.6 is 0 Å². The van der Waals surface area contributed by atoms with Crippen molar-refractivity contribution in [2.24, 2.45) is 0 Å². The third-order valence-corrected chi connectivity index (χ3v) is 4.96. The smallest absolute Gasteiger partial charge is 0.317 e. The minimum Gasteiger partial charge on any atom is -0.379 e. The highest BCUT2D eigenvalue weighted by atomic mass is 32.2. The van der Waals surface area contributed by atoms with E-state index in [4.69, 9.17) is 8.92 Å². The molecule has 0 aromatic carbocycles. The monoisotopic (exact) mass is 307 g/mol. The van der Waals surface area contributed by atoms with Crippen LogP contribution in [0, 0.1) is 0 Å². The van der Waals surface area contributed by atoms with E-state index in [9.17, 15) is 4.79 Å². The van der Waals surface area contributed by atoms with Gasteiger partial charge in [0.25, 0.3) is 0 Å². The van der Waals surface area contributed by atoms with E-state index < -0.39 is 0 Å². The first-order valence-corrected chi connectivity index (χ1v) is 8.80. The van der Waals surface area contributed by atoms with Gasteiger partial charge in [0, 0.05) is 26.6 Å². The maximum absolute atomic E-state index is 11.4. The average Bonchev–Trinajstić information content (AvgIpc) is 2.41. The zero-order valence-corrected chi connectivity index (χ0v) is 14.4.